The lowest BCUT2D eigenvalue weighted by Gasteiger charge is -2.49. The largest absolute Gasteiger partial charge is 0.504 e. The number of piperidine rings is 1. The van der Waals surface area contributed by atoms with Crippen molar-refractivity contribution in [2.45, 2.75) is 82.1 Å². The van der Waals surface area contributed by atoms with Crippen molar-refractivity contribution < 1.29 is 53.4 Å². The van der Waals surface area contributed by atoms with Gasteiger partial charge in [0, 0.05) is 23.6 Å². The van der Waals surface area contributed by atoms with Gasteiger partial charge in [-0.1, -0.05) is 6.07 Å². The second-order valence-corrected chi connectivity index (χ2v) is 10.5. The zero-order chi connectivity index (χ0) is 29.2. The van der Waals surface area contributed by atoms with Gasteiger partial charge in [-0.15, -0.1) is 0 Å². The molecule has 1 aromatic carbocycles. The van der Waals surface area contributed by atoms with Crippen LogP contribution in [0.15, 0.2) is 24.0 Å². The summed E-state index contributed by atoms with van der Waals surface area (Å²) in [5.74, 6) is -3.37. The van der Waals surface area contributed by atoms with E-state index in [4.69, 9.17) is 19.3 Å². The summed E-state index contributed by atoms with van der Waals surface area (Å²) in [5, 5.41) is 28.9. The van der Waals surface area contributed by atoms with E-state index in [-0.39, 0.29) is 37.0 Å². The Hall–Kier alpha value is -3.64. The molecule has 12 nitrogen and oxygen atoms in total. The summed E-state index contributed by atoms with van der Waals surface area (Å²) < 4.78 is 21.7. The highest BCUT2D eigenvalue weighted by Gasteiger charge is 2.58. The summed E-state index contributed by atoms with van der Waals surface area (Å²) >= 11 is 0. The number of aliphatic hydroxyl groups excluding tert-OH is 1. The van der Waals surface area contributed by atoms with Gasteiger partial charge in [-0.2, -0.15) is 0 Å². The van der Waals surface area contributed by atoms with E-state index < -0.39 is 54.0 Å². The third-order valence-corrected chi connectivity index (χ3v) is 7.83. The molecule has 12 heteroatoms. The van der Waals surface area contributed by atoms with Gasteiger partial charge in [0.15, 0.2) is 29.8 Å². The number of nitrogens with zero attached hydrogens (tertiary/aromatic N) is 1. The molecule has 2 bridgehead atoms. The van der Waals surface area contributed by atoms with E-state index >= 15 is 0 Å². The van der Waals surface area contributed by atoms with E-state index in [1.54, 1.807) is 12.1 Å². The molecule has 2 aliphatic heterocycles. The minimum atomic E-state index is -1.40. The van der Waals surface area contributed by atoms with Gasteiger partial charge in [-0.3, -0.25) is 9.59 Å². The maximum atomic E-state index is 12.9. The molecule has 1 aromatic rings. The molecule has 218 valence electrons. The van der Waals surface area contributed by atoms with Crippen LogP contribution in [-0.2, 0) is 45.2 Å². The number of aliphatic hydroxyl groups is 1. The van der Waals surface area contributed by atoms with Gasteiger partial charge in [0.25, 0.3) is 0 Å². The summed E-state index contributed by atoms with van der Waals surface area (Å²) in [6.07, 6.45) is -0.164. The van der Waals surface area contributed by atoms with Crippen molar-refractivity contribution in [3.8, 4) is 11.5 Å². The number of rotatable bonds is 11. The standard InChI is InChI=1S/C28H35NO11/c1-15(26(34)35)38-27(36)16(2)37-21(32)8-9-22(33)39-20(5-4-12-30)25-28-10-11-29(3)18(14-28)13-17-6-7-19(31)24(40-25)23(17)28/h5-7,15-16,18,25,30-31H,4,8-14H2,1-3H3,(H,34,35)/b20-5+/t15-,16-,18+,25-,28-/m0/s1. The molecule has 5 atom stereocenters. The van der Waals surface area contributed by atoms with Crippen LogP contribution in [0.5, 0.6) is 11.5 Å². The van der Waals surface area contributed by atoms with Gasteiger partial charge >= 0.3 is 23.9 Å². The zero-order valence-electron chi connectivity index (χ0n) is 22.8. The zero-order valence-corrected chi connectivity index (χ0v) is 22.8. The Labute approximate surface area is 231 Å². The first-order valence-corrected chi connectivity index (χ1v) is 13.3. The van der Waals surface area contributed by atoms with Gasteiger partial charge in [-0.25, -0.2) is 9.59 Å². The third kappa shape index (κ3) is 5.78. The molecule has 0 saturated carbocycles. The van der Waals surface area contributed by atoms with Crippen LogP contribution >= 0.6 is 0 Å². The van der Waals surface area contributed by atoms with Gasteiger partial charge in [0.05, 0.1) is 12.8 Å². The quantitative estimate of drug-likeness (QED) is 0.203. The van der Waals surface area contributed by atoms with Crippen molar-refractivity contribution in [3.63, 3.8) is 0 Å². The highest BCUT2D eigenvalue weighted by molar-refractivity contribution is 5.83. The number of carboxylic acid groups (broad SMARTS) is 1. The van der Waals surface area contributed by atoms with E-state index in [2.05, 4.69) is 16.7 Å². The number of carbonyl (C=O) groups excluding carboxylic acids is 3. The van der Waals surface area contributed by atoms with Crippen molar-refractivity contribution >= 4 is 23.9 Å². The molecular formula is C28H35NO11. The molecule has 0 radical (unpaired) electrons. The molecule has 4 rings (SSSR count). The number of phenolic OH excluding ortho intramolecular Hbond substituents is 1. The summed E-state index contributed by atoms with van der Waals surface area (Å²) in [6, 6.07) is 3.77. The second-order valence-electron chi connectivity index (χ2n) is 10.5. The maximum Gasteiger partial charge on any atom is 0.347 e. The van der Waals surface area contributed by atoms with E-state index in [9.17, 15) is 29.4 Å². The fraction of sp³-hybridized carbons (Fsp3) is 0.571. The molecule has 1 spiro atoms. The van der Waals surface area contributed by atoms with Crippen molar-refractivity contribution in [2.75, 3.05) is 20.2 Å². The molecule has 1 aliphatic carbocycles. The number of ether oxygens (including phenoxy) is 4. The van der Waals surface area contributed by atoms with E-state index in [0.717, 1.165) is 30.5 Å². The number of carboxylic acids is 1. The highest BCUT2D eigenvalue weighted by atomic mass is 16.6. The maximum absolute atomic E-state index is 12.9. The number of likely N-dealkylation sites (N-methyl/N-ethyl adjacent to an activating group) is 1. The first kappa shape index (κ1) is 29.3. The summed E-state index contributed by atoms with van der Waals surface area (Å²) in [7, 11) is 2.07. The first-order valence-electron chi connectivity index (χ1n) is 13.3. The molecule has 3 N–H and O–H groups in total. The minimum absolute atomic E-state index is 0.0129. The first-order chi connectivity index (χ1) is 19.0. The van der Waals surface area contributed by atoms with Crippen LogP contribution < -0.4 is 4.74 Å². The Bertz CT molecular complexity index is 1210. The van der Waals surface area contributed by atoms with Gasteiger partial charge in [0.1, 0.15) is 5.76 Å². The van der Waals surface area contributed by atoms with Crippen molar-refractivity contribution in [1.82, 2.24) is 4.90 Å². The van der Waals surface area contributed by atoms with Crippen LogP contribution in [-0.4, -0.2) is 88.6 Å². The number of esters is 3. The van der Waals surface area contributed by atoms with Gasteiger partial charge in [-0.05, 0) is 70.8 Å². The van der Waals surface area contributed by atoms with Crippen molar-refractivity contribution in [2.24, 2.45) is 0 Å². The molecule has 0 unspecified atom stereocenters. The number of aromatic hydroxyl groups is 1. The number of hydrogen-bond acceptors (Lipinski definition) is 11. The van der Waals surface area contributed by atoms with Crippen LogP contribution in [0.4, 0.5) is 0 Å². The van der Waals surface area contributed by atoms with E-state index in [1.807, 2.05) is 6.07 Å². The number of fused-ring (bicyclic) bond motifs is 1. The van der Waals surface area contributed by atoms with Crippen molar-refractivity contribution in [3.05, 3.63) is 35.1 Å². The molecule has 1 saturated heterocycles. The minimum Gasteiger partial charge on any atom is -0.504 e. The second kappa shape index (κ2) is 11.8. The smallest absolute Gasteiger partial charge is 0.347 e. The fourth-order valence-corrected chi connectivity index (χ4v) is 5.74. The van der Waals surface area contributed by atoms with Crippen LogP contribution in [0.2, 0.25) is 0 Å². The predicted octanol–water partition coefficient (Wildman–Crippen LogP) is 1.58. The SMILES string of the molecule is C[C@H](OC(=O)[C@H](C)OC(=O)CCC(=O)O/C(=C/CCO)[C@@H]1Oc2c(O)ccc3c2[C@@]12CCN(C)[C@H](C3)C2)C(=O)O. The fourth-order valence-electron chi connectivity index (χ4n) is 5.74. The Morgan fingerprint density at radius 3 is 2.58 bits per heavy atom. The number of likely N-dealkylation sites (tertiary alicyclic amines) is 1. The number of carbonyl (C=O) groups is 4. The van der Waals surface area contributed by atoms with Crippen LogP contribution in [0.1, 0.15) is 57.1 Å². The highest BCUT2D eigenvalue weighted by Crippen LogP contribution is 2.59. The average molecular weight is 562 g/mol. The molecule has 1 fully saturated rings. The predicted molar refractivity (Wildman–Crippen MR) is 137 cm³/mol. The molecular weight excluding hydrogens is 526 g/mol. The van der Waals surface area contributed by atoms with E-state index in [1.165, 1.54) is 13.8 Å². The number of hydrogen-bond donors (Lipinski definition) is 3. The van der Waals surface area contributed by atoms with Crippen LogP contribution in [0, 0.1) is 0 Å². The summed E-state index contributed by atoms with van der Waals surface area (Å²) in [6.45, 7) is 3.01. The Kier molecular flexibility index (Phi) is 8.69. The van der Waals surface area contributed by atoms with Crippen molar-refractivity contribution in [1.29, 1.82) is 0 Å². The monoisotopic (exact) mass is 561 g/mol. The average Bonchev–Trinajstić information content (AvgIpc) is 3.25. The molecule has 0 aromatic heterocycles. The molecule has 0 amide bonds. The summed E-state index contributed by atoms with van der Waals surface area (Å²) in [5.41, 5.74) is 1.50. The van der Waals surface area contributed by atoms with Crippen LogP contribution in [0.3, 0.4) is 0 Å². The number of phenols is 1. The Morgan fingerprint density at radius 1 is 1.15 bits per heavy atom. The van der Waals surface area contributed by atoms with E-state index in [0.29, 0.717) is 12.2 Å². The topological polar surface area (TPSA) is 169 Å². The lowest BCUT2D eigenvalue weighted by atomic mass is 9.61. The lowest BCUT2D eigenvalue weighted by molar-refractivity contribution is -0.175. The lowest BCUT2D eigenvalue weighted by Crippen LogP contribution is -2.55. The van der Waals surface area contributed by atoms with Gasteiger partial charge in [0.2, 0.25) is 0 Å². The molecule has 3 aliphatic rings. The Balaban J connectivity index is 1.44. The van der Waals surface area contributed by atoms with Crippen LogP contribution in [0.25, 0.3) is 0 Å². The van der Waals surface area contributed by atoms with Gasteiger partial charge < -0.3 is 39.2 Å². The molecule has 2 heterocycles. The number of aliphatic carboxylic acids is 1. The summed E-state index contributed by atoms with van der Waals surface area (Å²) in [4.78, 5) is 50.1. The third-order valence-electron chi connectivity index (χ3n) is 7.83. The Morgan fingerprint density at radius 2 is 1.88 bits per heavy atom. The normalized spacial score (nSPS) is 24.8. The number of benzene rings is 1. The molecule has 40 heavy (non-hydrogen) atoms.